The second-order valence-electron chi connectivity index (χ2n) is 29.0. The van der Waals surface area contributed by atoms with Crippen molar-refractivity contribution < 1.29 is 34.8 Å². The van der Waals surface area contributed by atoms with Gasteiger partial charge >= 0.3 is 0 Å². The number of carbonyl (C=O) groups excluding carboxylic acids is 2. The first-order valence-corrected chi connectivity index (χ1v) is 36.7. The van der Waals surface area contributed by atoms with E-state index >= 15 is 0 Å². The summed E-state index contributed by atoms with van der Waals surface area (Å²) in [6.07, 6.45) is 12.3. The Morgan fingerprint density at radius 3 is 1.44 bits per heavy atom. The average Bonchev–Trinajstić information content (AvgIpc) is 1.92. The van der Waals surface area contributed by atoms with Crippen LogP contribution < -0.4 is 4.74 Å². The van der Waals surface area contributed by atoms with Crippen molar-refractivity contribution in [2.75, 3.05) is 61.5 Å². The molecule has 4 aliphatic heterocycles. The summed E-state index contributed by atoms with van der Waals surface area (Å²) >= 11 is 3.71. The van der Waals surface area contributed by atoms with E-state index in [1.165, 1.54) is 90.3 Å². The number of hydrogen-bond acceptors (Lipinski definition) is 15. The number of methoxy groups -OCH3 is 1. The van der Waals surface area contributed by atoms with Gasteiger partial charge in [-0.15, -0.1) is 0 Å². The Hall–Kier alpha value is -9.06. The summed E-state index contributed by atoms with van der Waals surface area (Å²) in [6, 6.07) is 40.1. The van der Waals surface area contributed by atoms with Gasteiger partial charge in [0.2, 0.25) is 5.88 Å². The number of carbonyl (C=O) groups is 2. The number of aromatic nitrogens is 8. The Balaban J connectivity index is 0.000000123. The lowest BCUT2D eigenvalue weighted by Crippen LogP contribution is -2.33. The van der Waals surface area contributed by atoms with E-state index in [-0.39, 0.29) is 11.6 Å². The summed E-state index contributed by atoms with van der Waals surface area (Å²) in [5.74, 6) is 0.505. The van der Waals surface area contributed by atoms with Crippen molar-refractivity contribution in [1.82, 2.24) is 57.8 Å². The molecule has 0 fully saturated rings. The van der Waals surface area contributed by atoms with Crippen LogP contribution in [-0.2, 0) is 83.6 Å². The predicted octanol–water partition coefficient (Wildman–Crippen LogP) is 13.0. The van der Waals surface area contributed by atoms with E-state index in [1.54, 1.807) is 76.3 Å². The fraction of sp³-hybridized carbons (Fsp3) is 0.357. The molecule has 20 heteroatoms. The van der Waals surface area contributed by atoms with Crippen LogP contribution in [0.1, 0.15) is 138 Å². The molecule has 104 heavy (non-hydrogen) atoms. The molecule has 0 saturated heterocycles. The maximum Gasteiger partial charge on any atom is 0.212 e. The number of likely N-dealkylation sites (N-methyl/N-ethyl adjacent to an activating group) is 4. The van der Waals surface area contributed by atoms with Crippen LogP contribution in [0.15, 0.2) is 163 Å². The monoisotopic (exact) mass is 1460 g/mol. The molecule has 540 valence electrons. The minimum atomic E-state index is -1.21. The second kappa shape index (κ2) is 31.3. The van der Waals surface area contributed by atoms with Crippen molar-refractivity contribution in [3.8, 4) is 5.88 Å². The van der Waals surface area contributed by atoms with Crippen LogP contribution in [0.4, 0.5) is 0 Å². The third-order valence-corrected chi connectivity index (χ3v) is 21.9. The van der Waals surface area contributed by atoms with Crippen molar-refractivity contribution in [1.29, 1.82) is 0 Å². The maximum atomic E-state index is 12.0. The first-order valence-electron chi connectivity index (χ1n) is 36.0. The number of hydrogen-bond donors (Lipinski definition) is 4. The van der Waals surface area contributed by atoms with E-state index in [1.807, 2.05) is 48.5 Å². The van der Waals surface area contributed by atoms with E-state index in [2.05, 4.69) is 170 Å². The molecule has 4 atom stereocenters. The lowest BCUT2D eigenvalue weighted by atomic mass is 9.92. The summed E-state index contributed by atoms with van der Waals surface area (Å²) in [6.45, 7) is 18.9. The summed E-state index contributed by atoms with van der Waals surface area (Å²) < 4.78 is 15.3. The summed E-state index contributed by atoms with van der Waals surface area (Å²) in [5, 5.41) is 48.7. The molecule has 12 heterocycles. The van der Waals surface area contributed by atoms with Crippen molar-refractivity contribution >= 4 is 71.1 Å². The molecule has 12 aromatic rings. The third kappa shape index (κ3) is 15.4. The number of aryl methyl sites for hydroxylation is 2. The number of rotatable bonds is 15. The van der Waals surface area contributed by atoms with Gasteiger partial charge in [-0.1, -0.05) is 41.5 Å². The molecule has 8 aromatic heterocycles. The minimum Gasteiger partial charge on any atom is -0.481 e. The van der Waals surface area contributed by atoms with Gasteiger partial charge in [0.05, 0.1) is 57.1 Å². The van der Waals surface area contributed by atoms with E-state index in [4.69, 9.17) is 4.74 Å². The molecule has 0 amide bonds. The van der Waals surface area contributed by atoms with Crippen LogP contribution in [0.3, 0.4) is 0 Å². The average molecular weight is 1460 g/mol. The molecule has 0 bridgehead atoms. The Morgan fingerprint density at radius 2 is 0.962 bits per heavy atom. The number of para-hydroxylation sites is 1. The van der Waals surface area contributed by atoms with Crippen LogP contribution in [0.5, 0.6) is 5.88 Å². The number of pyridine rings is 4. The number of halogens is 1. The number of nitrogens with zero attached hydrogens (tertiary/aromatic N) is 12. The van der Waals surface area contributed by atoms with Gasteiger partial charge in [-0.25, -0.2) is 4.98 Å². The first kappa shape index (κ1) is 73.3. The number of aliphatic hydroxyl groups is 4. The molecule has 4 unspecified atom stereocenters. The van der Waals surface area contributed by atoms with Gasteiger partial charge < -0.3 is 63.0 Å². The van der Waals surface area contributed by atoms with Crippen LogP contribution in [0.2, 0.25) is 0 Å². The van der Waals surface area contributed by atoms with Crippen molar-refractivity contribution in [3.05, 3.63) is 253 Å². The van der Waals surface area contributed by atoms with E-state index < -0.39 is 23.9 Å². The van der Waals surface area contributed by atoms with E-state index in [9.17, 15) is 30.0 Å². The van der Waals surface area contributed by atoms with Gasteiger partial charge in [0.15, 0.2) is 11.6 Å². The minimum absolute atomic E-state index is 0.0781. The highest BCUT2D eigenvalue weighted by molar-refractivity contribution is 9.10. The predicted molar refractivity (Wildman–Crippen MR) is 413 cm³/mol. The van der Waals surface area contributed by atoms with Gasteiger partial charge in [0.1, 0.15) is 11.3 Å². The van der Waals surface area contributed by atoms with Gasteiger partial charge in [0, 0.05) is 210 Å². The fourth-order valence-corrected chi connectivity index (χ4v) is 16.4. The summed E-state index contributed by atoms with van der Waals surface area (Å²) in [4.78, 5) is 49.7. The largest absolute Gasteiger partial charge is 0.481 e. The van der Waals surface area contributed by atoms with Gasteiger partial charge in [0.25, 0.3) is 0 Å². The smallest absolute Gasteiger partial charge is 0.212 e. The Kier molecular flexibility index (Phi) is 22.1. The quantitative estimate of drug-likeness (QED) is 0.0704. The topological polar surface area (TPSA) is 209 Å². The standard InChI is InChI=1S/C23H27N3O2.C21H25N3O2.C21H23N3O2.C19H20BrN3O/c1-15-7-8-20-17(12-15)18-13-25(4)11-9-21(18)26(20)14-23(3,28)19-6-5-10-24-22(19)16(2)27;1-14-4-6-18-16(10-14)17-12-23(2)9-8-19(17)24(18)13-20(25)15-5-7-21(26-3)22-11-15;1-14(25)16-3-4-19-17(11-16)18-12-23(2)10-7-20(18)24(19)13-21(26)15-5-8-22-9-6-15;1-22-10-7-17-15(11-22)14-3-2-4-16(20)19(14)23(17)12-18(24)13-5-8-21-9-6-13/h5-8,10,12,28H,9,11,13-14H2,1-4H3;4-7,10-11,20,25H,8-9,12-13H2,1-3H3;3-6,8-9,11,21,26H,7,10,12-13H2,1-2H3;2-6,8-9,18,24H,7,10-12H2,1H3. The Morgan fingerprint density at radius 1 is 0.510 bits per heavy atom. The Bertz CT molecular complexity index is 5100. The van der Waals surface area contributed by atoms with Crippen LogP contribution >= 0.6 is 15.9 Å². The molecule has 0 spiro atoms. The third-order valence-electron chi connectivity index (χ3n) is 21.3. The zero-order valence-corrected chi connectivity index (χ0v) is 62.9. The van der Waals surface area contributed by atoms with Gasteiger partial charge in [-0.05, 0) is 190 Å². The zero-order chi connectivity index (χ0) is 73.3. The molecule has 0 radical (unpaired) electrons. The molecule has 4 aliphatic rings. The number of benzene rings is 4. The lowest BCUT2D eigenvalue weighted by Gasteiger charge is -2.29. The van der Waals surface area contributed by atoms with Crippen LogP contribution in [0.25, 0.3) is 43.6 Å². The van der Waals surface area contributed by atoms with Crippen molar-refractivity contribution in [2.45, 2.75) is 137 Å². The maximum absolute atomic E-state index is 12.0. The number of ether oxygens (including phenoxy) is 1. The van der Waals surface area contributed by atoms with Crippen molar-refractivity contribution in [3.63, 3.8) is 0 Å². The molecule has 16 rings (SSSR count). The molecular weight excluding hydrogens is 1370 g/mol. The number of aliphatic hydroxyl groups excluding tert-OH is 3. The SMILES string of the molecule is CC(=O)c1ccc2c(c1)c1c(n2CC(O)c2ccncc2)CCN(C)C1.CC(=O)c1ncccc1C(C)(O)Cn1c2c(c3cc(C)ccc31)CN(C)CC2.CN1CCc2c(c3cccc(Br)c3n2CC(O)c2ccncc2)C1.COc1ccc(C(O)Cn2c3c(c4cc(C)ccc42)CN(C)CC3)cn1. The normalized spacial score (nSPS) is 16.2. The second-order valence-corrected chi connectivity index (χ2v) is 29.9. The lowest BCUT2D eigenvalue weighted by molar-refractivity contribution is 0.0369. The zero-order valence-electron chi connectivity index (χ0n) is 61.3. The molecule has 0 aliphatic carbocycles. The van der Waals surface area contributed by atoms with Crippen LogP contribution in [-0.4, -0.2) is 151 Å². The molecule has 4 aromatic carbocycles. The highest BCUT2D eigenvalue weighted by Crippen LogP contribution is 2.40. The summed E-state index contributed by atoms with van der Waals surface area (Å²) in [7, 11) is 10.2. The number of ketones is 2. The molecule has 19 nitrogen and oxygen atoms in total. The highest BCUT2D eigenvalue weighted by atomic mass is 79.9. The Labute approximate surface area is 616 Å². The highest BCUT2D eigenvalue weighted by Gasteiger charge is 2.34. The first-order chi connectivity index (χ1) is 50.0. The van der Waals surface area contributed by atoms with Gasteiger partial charge in [-0.3, -0.25) is 24.5 Å². The van der Waals surface area contributed by atoms with E-state index in [0.29, 0.717) is 43.3 Å². The molecule has 0 saturated carbocycles. The number of fused-ring (bicyclic) bond motifs is 12. The van der Waals surface area contributed by atoms with E-state index in [0.717, 1.165) is 121 Å². The van der Waals surface area contributed by atoms with Crippen molar-refractivity contribution in [2.24, 2.45) is 0 Å². The summed E-state index contributed by atoms with van der Waals surface area (Å²) in [5.41, 5.74) is 20.8. The number of Topliss-reactive ketones (excluding diaryl/α,β-unsaturated/α-hetero) is 2. The fourth-order valence-electron chi connectivity index (χ4n) is 15.8. The van der Waals surface area contributed by atoms with Crippen LogP contribution in [0, 0.1) is 13.8 Å². The molecule has 4 N–H and O–H groups in total. The van der Waals surface area contributed by atoms with Gasteiger partial charge in [-0.2, -0.15) is 0 Å². The molecular formula is C84H95BrN12O7.